The van der Waals surface area contributed by atoms with Gasteiger partial charge in [-0.05, 0) is 13.3 Å². The van der Waals surface area contributed by atoms with Crippen LogP contribution in [0.4, 0.5) is 0 Å². The van der Waals surface area contributed by atoms with Crippen LogP contribution in [-0.2, 0) is 6.54 Å². The average molecular weight is 311 g/mol. The number of nitriles is 2. The zero-order valence-electron chi connectivity index (χ0n) is 12.4. The molecule has 0 aliphatic rings. The van der Waals surface area contributed by atoms with Crippen molar-refractivity contribution in [2.24, 2.45) is 5.92 Å². The zero-order valence-corrected chi connectivity index (χ0v) is 13.3. The van der Waals surface area contributed by atoms with E-state index in [-0.39, 0.29) is 5.92 Å². The Morgan fingerprint density at radius 1 is 1.23 bits per heavy atom. The van der Waals surface area contributed by atoms with Crippen LogP contribution in [0.5, 0.6) is 0 Å². The normalized spacial score (nSPS) is 11.6. The first-order chi connectivity index (χ1) is 10.8. The van der Waals surface area contributed by atoms with Crippen molar-refractivity contribution < 1.29 is 0 Å². The van der Waals surface area contributed by atoms with Crippen LogP contribution in [-0.4, -0.2) is 20.5 Å². The highest BCUT2D eigenvalue weighted by Gasteiger charge is 2.15. The van der Waals surface area contributed by atoms with Gasteiger partial charge < -0.3 is 4.57 Å². The summed E-state index contributed by atoms with van der Waals surface area (Å²) in [4.78, 5) is 0. The van der Waals surface area contributed by atoms with Crippen LogP contribution in [0, 0.1) is 28.6 Å². The minimum atomic E-state index is -0.133. The van der Waals surface area contributed by atoms with Crippen LogP contribution >= 0.6 is 11.8 Å². The summed E-state index contributed by atoms with van der Waals surface area (Å²) in [6.45, 7) is 2.83. The number of benzene rings is 1. The molecule has 1 heterocycles. The molecule has 0 fully saturated rings. The smallest absolute Gasteiger partial charge is 0.191 e. The number of hydrogen-bond acceptors (Lipinski definition) is 5. The molecule has 5 nitrogen and oxygen atoms in total. The van der Waals surface area contributed by atoms with Crippen molar-refractivity contribution >= 4 is 11.8 Å². The Morgan fingerprint density at radius 2 is 2.00 bits per heavy atom. The van der Waals surface area contributed by atoms with Crippen LogP contribution in [0.1, 0.15) is 19.8 Å². The Morgan fingerprint density at radius 3 is 2.64 bits per heavy atom. The molecule has 0 N–H and O–H groups in total. The van der Waals surface area contributed by atoms with E-state index in [1.807, 2.05) is 30.3 Å². The predicted molar refractivity (Wildman–Crippen MR) is 85.8 cm³/mol. The van der Waals surface area contributed by atoms with Gasteiger partial charge in [-0.25, -0.2) is 0 Å². The largest absolute Gasteiger partial charge is 0.302 e. The molecule has 0 saturated carbocycles. The lowest BCUT2D eigenvalue weighted by Crippen LogP contribution is -2.04. The Hall–Kier alpha value is -2.31. The minimum absolute atomic E-state index is 0.133. The molecule has 0 radical (unpaired) electrons. The molecule has 6 heteroatoms. The molecule has 1 atom stereocenters. The Balaban J connectivity index is 2.11. The van der Waals surface area contributed by atoms with E-state index in [1.54, 1.807) is 0 Å². The molecule has 0 saturated heterocycles. The molecule has 22 heavy (non-hydrogen) atoms. The maximum absolute atomic E-state index is 9.12. The second-order valence-electron chi connectivity index (χ2n) is 4.75. The van der Waals surface area contributed by atoms with Crippen LogP contribution in [0.25, 0.3) is 11.4 Å². The van der Waals surface area contributed by atoms with E-state index in [9.17, 15) is 0 Å². The van der Waals surface area contributed by atoms with E-state index in [2.05, 4.69) is 33.8 Å². The number of nitrogens with zero attached hydrogens (tertiary/aromatic N) is 5. The Kier molecular flexibility index (Phi) is 6.00. The summed E-state index contributed by atoms with van der Waals surface area (Å²) in [6.07, 6.45) is 1.01. The highest BCUT2D eigenvalue weighted by molar-refractivity contribution is 7.99. The maximum Gasteiger partial charge on any atom is 0.191 e. The highest BCUT2D eigenvalue weighted by atomic mass is 32.2. The van der Waals surface area contributed by atoms with Gasteiger partial charge in [0.25, 0.3) is 0 Å². The monoisotopic (exact) mass is 311 g/mol. The van der Waals surface area contributed by atoms with Gasteiger partial charge in [-0.15, -0.1) is 10.2 Å². The zero-order chi connectivity index (χ0) is 15.8. The molecule has 0 spiro atoms. The topological polar surface area (TPSA) is 78.3 Å². The van der Waals surface area contributed by atoms with E-state index in [0.29, 0.717) is 18.6 Å². The standard InChI is InChI=1S/C16H17N5S/c1-2-21-15(14-8-4-3-5-9-14)19-20-16(21)22-12-13(11-18)7-6-10-17/h3-5,8-9,13H,2,6-7,12H2,1H3. The molecular weight excluding hydrogens is 294 g/mol. The highest BCUT2D eigenvalue weighted by Crippen LogP contribution is 2.26. The van der Waals surface area contributed by atoms with Gasteiger partial charge in [-0.1, -0.05) is 42.1 Å². The van der Waals surface area contributed by atoms with E-state index < -0.39 is 0 Å². The van der Waals surface area contributed by atoms with Crippen molar-refractivity contribution in [2.75, 3.05) is 5.75 Å². The number of hydrogen-bond donors (Lipinski definition) is 0. The van der Waals surface area contributed by atoms with Crippen molar-refractivity contribution in [1.82, 2.24) is 14.8 Å². The van der Waals surface area contributed by atoms with Gasteiger partial charge in [0.15, 0.2) is 11.0 Å². The average Bonchev–Trinajstić information content (AvgIpc) is 2.98. The quantitative estimate of drug-likeness (QED) is 0.731. The molecule has 1 aromatic carbocycles. The van der Waals surface area contributed by atoms with Crippen molar-refractivity contribution in [2.45, 2.75) is 31.5 Å². The van der Waals surface area contributed by atoms with E-state index >= 15 is 0 Å². The molecule has 1 unspecified atom stereocenters. The maximum atomic E-state index is 9.12. The van der Waals surface area contributed by atoms with Gasteiger partial charge in [-0.2, -0.15) is 10.5 Å². The molecule has 0 amide bonds. The summed E-state index contributed by atoms with van der Waals surface area (Å²) < 4.78 is 2.05. The third-order valence-electron chi connectivity index (χ3n) is 3.27. The summed E-state index contributed by atoms with van der Waals surface area (Å²) in [7, 11) is 0. The second-order valence-corrected chi connectivity index (χ2v) is 5.74. The Bertz CT molecular complexity index is 681. The van der Waals surface area contributed by atoms with E-state index in [4.69, 9.17) is 10.5 Å². The van der Waals surface area contributed by atoms with Crippen LogP contribution in [0.15, 0.2) is 35.5 Å². The molecule has 0 aliphatic carbocycles. The molecule has 1 aromatic heterocycles. The summed E-state index contributed by atoms with van der Waals surface area (Å²) in [6, 6.07) is 14.3. The molecule has 0 bridgehead atoms. The SMILES string of the molecule is CCn1c(SCC(C#N)CCC#N)nnc1-c1ccccc1. The van der Waals surface area contributed by atoms with Crippen molar-refractivity contribution in [3.8, 4) is 23.5 Å². The van der Waals surface area contributed by atoms with Gasteiger partial charge in [0.05, 0.1) is 18.1 Å². The third-order valence-corrected chi connectivity index (χ3v) is 4.40. The molecule has 2 rings (SSSR count). The molecule has 2 aromatic rings. The fraction of sp³-hybridized carbons (Fsp3) is 0.375. The van der Waals surface area contributed by atoms with Crippen molar-refractivity contribution in [3.63, 3.8) is 0 Å². The third kappa shape index (κ3) is 3.87. The second kappa shape index (κ2) is 8.21. The van der Waals surface area contributed by atoms with Gasteiger partial charge in [0.1, 0.15) is 0 Å². The Labute approximate surface area is 134 Å². The predicted octanol–water partition coefficient (Wildman–Crippen LogP) is 3.50. The molecule has 0 aliphatic heterocycles. The van der Waals surface area contributed by atoms with Crippen LogP contribution in [0.2, 0.25) is 0 Å². The van der Waals surface area contributed by atoms with Crippen molar-refractivity contribution in [1.29, 1.82) is 10.5 Å². The number of rotatable bonds is 7. The van der Waals surface area contributed by atoms with Crippen LogP contribution in [0.3, 0.4) is 0 Å². The van der Waals surface area contributed by atoms with Gasteiger partial charge in [-0.3, -0.25) is 0 Å². The van der Waals surface area contributed by atoms with Gasteiger partial charge in [0.2, 0.25) is 0 Å². The van der Waals surface area contributed by atoms with Gasteiger partial charge >= 0.3 is 0 Å². The summed E-state index contributed by atoms with van der Waals surface area (Å²) in [5, 5.41) is 27.1. The fourth-order valence-electron chi connectivity index (χ4n) is 2.08. The van der Waals surface area contributed by atoms with Crippen molar-refractivity contribution in [3.05, 3.63) is 30.3 Å². The van der Waals surface area contributed by atoms with Crippen LogP contribution < -0.4 is 0 Å². The van der Waals surface area contributed by atoms with E-state index in [0.717, 1.165) is 23.1 Å². The van der Waals surface area contributed by atoms with E-state index in [1.165, 1.54) is 11.8 Å². The molecular formula is C16H17N5S. The first kappa shape index (κ1) is 16.1. The number of thioether (sulfide) groups is 1. The molecule has 112 valence electrons. The lowest BCUT2D eigenvalue weighted by Gasteiger charge is -2.09. The lowest BCUT2D eigenvalue weighted by atomic mass is 10.1. The lowest BCUT2D eigenvalue weighted by molar-refractivity contribution is 0.669. The first-order valence-electron chi connectivity index (χ1n) is 7.18. The minimum Gasteiger partial charge on any atom is -0.302 e. The van der Waals surface area contributed by atoms with Gasteiger partial charge in [0, 0.05) is 24.3 Å². The summed E-state index contributed by atoms with van der Waals surface area (Å²) in [5.41, 5.74) is 1.03. The first-order valence-corrected chi connectivity index (χ1v) is 8.16. The fourth-order valence-corrected chi connectivity index (χ4v) is 3.14. The summed E-state index contributed by atoms with van der Waals surface area (Å²) in [5.74, 6) is 1.34. The number of aromatic nitrogens is 3. The summed E-state index contributed by atoms with van der Waals surface area (Å²) >= 11 is 1.53.